The van der Waals surface area contributed by atoms with Gasteiger partial charge < -0.3 is 5.32 Å². The standard InChI is InChI=1S/C21H19N3OS3/c1-14-23-19(13-27-14)15-6-8-17(9-7-15)24-20(25)18-5-3-2-4-16(18)12-28-21-22-10-11-26-21/h2-9,13H,10-12H2,1H3,(H,24,25). The SMILES string of the molecule is Cc1nc(-c2ccc(NC(=O)c3ccccc3CSC3=NCCS3)cc2)cs1. The molecule has 1 N–H and O–H groups in total. The number of amides is 1. The number of benzene rings is 2. The van der Waals surface area contributed by atoms with Crippen LogP contribution in [-0.4, -0.2) is 27.6 Å². The lowest BCUT2D eigenvalue weighted by Crippen LogP contribution is -2.14. The molecule has 142 valence electrons. The van der Waals surface area contributed by atoms with E-state index in [-0.39, 0.29) is 5.91 Å². The van der Waals surface area contributed by atoms with Gasteiger partial charge in [-0.15, -0.1) is 11.3 Å². The van der Waals surface area contributed by atoms with E-state index in [1.165, 1.54) is 0 Å². The summed E-state index contributed by atoms with van der Waals surface area (Å²) >= 11 is 5.12. The molecule has 0 spiro atoms. The first-order chi connectivity index (χ1) is 13.7. The number of hydrogen-bond donors (Lipinski definition) is 1. The summed E-state index contributed by atoms with van der Waals surface area (Å²) < 4.78 is 1.11. The Labute approximate surface area is 176 Å². The summed E-state index contributed by atoms with van der Waals surface area (Å²) in [4.78, 5) is 21.8. The van der Waals surface area contributed by atoms with E-state index in [9.17, 15) is 4.79 Å². The highest BCUT2D eigenvalue weighted by Gasteiger charge is 2.14. The fourth-order valence-corrected chi connectivity index (χ4v) is 5.46. The van der Waals surface area contributed by atoms with Gasteiger partial charge in [0.15, 0.2) is 0 Å². The van der Waals surface area contributed by atoms with E-state index < -0.39 is 0 Å². The summed E-state index contributed by atoms with van der Waals surface area (Å²) in [5.74, 6) is 1.72. The third-order valence-corrected chi connectivity index (χ3v) is 7.30. The molecule has 4 rings (SSSR count). The van der Waals surface area contributed by atoms with Gasteiger partial charge in [0.25, 0.3) is 5.91 Å². The average Bonchev–Trinajstić information content (AvgIpc) is 3.39. The van der Waals surface area contributed by atoms with E-state index in [1.54, 1.807) is 34.9 Å². The number of anilines is 1. The van der Waals surface area contributed by atoms with Crippen LogP contribution in [0.15, 0.2) is 58.9 Å². The number of carbonyl (C=O) groups excluding carboxylic acids is 1. The first-order valence-electron chi connectivity index (χ1n) is 8.91. The molecule has 2 heterocycles. The van der Waals surface area contributed by atoms with Crippen LogP contribution in [0.4, 0.5) is 5.69 Å². The zero-order valence-corrected chi connectivity index (χ0v) is 17.8. The summed E-state index contributed by atoms with van der Waals surface area (Å²) in [5, 5.41) is 6.10. The summed E-state index contributed by atoms with van der Waals surface area (Å²) in [6.07, 6.45) is 0. The van der Waals surface area contributed by atoms with Crippen molar-refractivity contribution in [3.63, 3.8) is 0 Å². The molecule has 0 radical (unpaired) electrons. The van der Waals surface area contributed by atoms with E-state index in [1.807, 2.05) is 60.8 Å². The van der Waals surface area contributed by atoms with Gasteiger partial charge in [-0.3, -0.25) is 9.79 Å². The molecule has 1 aliphatic rings. The summed E-state index contributed by atoms with van der Waals surface area (Å²) in [6.45, 7) is 2.89. The van der Waals surface area contributed by atoms with Gasteiger partial charge in [-0.05, 0) is 30.7 Å². The minimum atomic E-state index is -0.0885. The lowest BCUT2D eigenvalue weighted by atomic mass is 10.1. The van der Waals surface area contributed by atoms with E-state index in [2.05, 4.69) is 15.3 Å². The molecule has 4 nitrogen and oxygen atoms in total. The fourth-order valence-electron chi connectivity index (χ4n) is 2.83. The van der Waals surface area contributed by atoms with Crippen molar-refractivity contribution in [3.8, 4) is 11.3 Å². The highest BCUT2D eigenvalue weighted by atomic mass is 32.2. The van der Waals surface area contributed by atoms with Crippen LogP contribution >= 0.6 is 34.9 Å². The maximum atomic E-state index is 12.8. The van der Waals surface area contributed by atoms with Gasteiger partial charge in [0, 0.05) is 33.7 Å². The van der Waals surface area contributed by atoms with Crippen molar-refractivity contribution >= 4 is 50.8 Å². The molecule has 1 aromatic heterocycles. The Hall–Kier alpha value is -2.09. The van der Waals surface area contributed by atoms with Gasteiger partial charge in [0.2, 0.25) is 0 Å². The molecule has 0 saturated carbocycles. The molecule has 28 heavy (non-hydrogen) atoms. The Kier molecular flexibility index (Phi) is 6.14. The highest BCUT2D eigenvalue weighted by Crippen LogP contribution is 2.27. The first kappa shape index (κ1) is 19.2. The van der Waals surface area contributed by atoms with Crippen molar-refractivity contribution in [1.82, 2.24) is 4.98 Å². The van der Waals surface area contributed by atoms with Crippen LogP contribution in [0, 0.1) is 6.92 Å². The van der Waals surface area contributed by atoms with Gasteiger partial charge in [-0.25, -0.2) is 4.98 Å². The summed E-state index contributed by atoms with van der Waals surface area (Å²) in [5.41, 5.74) is 4.52. The Balaban J connectivity index is 1.44. The van der Waals surface area contributed by atoms with Gasteiger partial charge in [-0.1, -0.05) is 53.9 Å². The van der Waals surface area contributed by atoms with Gasteiger partial charge in [0.1, 0.15) is 4.38 Å². The van der Waals surface area contributed by atoms with Crippen molar-refractivity contribution in [3.05, 3.63) is 70.0 Å². The minimum absolute atomic E-state index is 0.0885. The van der Waals surface area contributed by atoms with Crippen molar-refractivity contribution in [2.75, 3.05) is 17.6 Å². The largest absolute Gasteiger partial charge is 0.322 e. The second-order valence-corrected chi connectivity index (χ2v) is 9.59. The second kappa shape index (κ2) is 8.94. The quantitative estimate of drug-likeness (QED) is 0.569. The Morgan fingerprint density at radius 1 is 1.18 bits per heavy atom. The molecule has 0 unspecified atom stereocenters. The number of rotatable bonds is 5. The van der Waals surface area contributed by atoms with Gasteiger partial charge >= 0.3 is 0 Å². The van der Waals surface area contributed by atoms with Gasteiger partial charge in [0.05, 0.1) is 17.2 Å². The Morgan fingerprint density at radius 2 is 2.00 bits per heavy atom. The number of aryl methyl sites for hydroxylation is 1. The maximum Gasteiger partial charge on any atom is 0.255 e. The molecule has 1 amide bonds. The normalized spacial score (nSPS) is 13.4. The number of carbonyl (C=O) groups is 1. The number of aliphatic imine (C=N–C) groups is 1. The molecule has 0 aliphatic carbocycles. The molecular weight excluding hydrogens is 406 g/mol. The van der Waals surface area contributed by atoms with Gasteiger partial charge in [-0.2, -0.15) is 0 Å². The molecule has 0 atom stereocenters. The van der Waals surface area contributed by atoms with Crippen molar-refractivity contribution in [2.45, 2.75) is 12.7 Å². The molecule has 0 saturated heterocycles. The molecule has 3 aromatic rings. The van der Waals surface area contributed by atoms with Crippen molar-refractivity contribution in [2.24, 2.45) is 4.99 Å². The molecule has 1 aliphatic heterocycles. The average molecular weight is 426 g/mol. The third kappa shape index (κ3) is 4.66. The predicted molar refractivity (Wildman–Crippen MR) is 123 cm³/mol. The van der Waals surface area contributed by atoms with Crippen LogP contribution in [0.2, 0.25) is 0 Å². The smallest absolute Gasteiger partial charge is 0.255 e. The van der Waals surface area contributed by atoms with E-state index in [0.717, 1.165) is 49.9 Å². The van der Waals surface area contributed by atoms with E-state index in [0.29, 0.717) is 5.56 Å². The van der Waals surface area contributed by atoms with E-state index in [4.69, 9.17) is 0 Å². The number of aromatic nitrogens is 1. The number of nitrogens with one attached hydrogen (secondary N) is 1. The van der Waals surface area contributed by atoms with Crippen LogP contribution in [0.3, 0.4) is 0 Å². The first-order valence-corrected chi connectivity index (χ1v) is 11.8. The molecule has 0 fully saturated rings. The van der Waals surface area contributed by atoms with Crippen LogP contribution in [0.5, 0.6) is 0 Å². The maximum absolute atomic E-state index is 12.8. The van der Waals surface area contributed by atoms with Crippen LogP contribution in [0.1, 0.15) is 20.9 Å². The Morgan fingerprint density at radius 3 is 2.71 bits per heavy atom. The summed E-state index contributed by atoms with van der Waals surface area (Å²) in [7, 11) is 0. The van der Waals surface area contributed by atoms with Crippen molar-refractivity contribution in [1.29, 1.82) is 0 Å². The third-order valence-electron chi connectivity index (χ3n) is 4.23. The predicted octanol–water partition coefficient (Wildman–Crippen LogP) is 5.71. The van der Waals surface area contributed by atoms with Crippen LogP contribution in [-0.2, 0) is 5.75 Å². The summed E-state index contributed by atoms with van der Waals surface area (Å²) in [6, 6.07) is 15.6. The topological polar surface area (TPSA) is 54.4 Å². The molecule has 0 bridgehead atoms. The monoisotopic (exact) mass is 425 g/mol. The number of hydrogen-bond acceptors (Lipinski definition) is 6. The highest BCUT2D eigenvalue weighted by molar-refractivity contribution is 8.38. The number of nitrogens with zero attached hydrogens (tertiary/aromatic N) is 2. The minimum Gasteiger partial charge on any atom is -0.322 e. The zero-order chi connectivity index (χ0) is 19.3. The molecule has 7 heteroatoms. The fraction of sp³-hybridized carbons (Fsp3) is 0.190. The second-order valence-electron chi connectivity index (χ2n) is 6.23. The number of thiazole rings is 1. The molecule has 2 aromatic carbocycles. The Bertz CT molecular complexity index is 1010. The van der Waals surface area contributed by atoms with E-state index >= 15 is 0 Å². The van der Waals surface area contributed by atoms with Crippen LogP contribution < -0.4 is 5.32 Å². The zero-order valence-electron chi connectivity index (χ0n) is 15.3. The number of thioether (sulfide) groups is 2. The van der Waals surface area contributed by atoms with Crippen LogP contribution in [0.25, 0.3) is 11.3 Å². The lowest BCUT2D eigenvalue weighted by Gasteiger charge is -2.10. The molecular formula is C21H19N3OS3. The van der Waals surface area contributed by atoms with Crippen molar-refractivity contribution < 1.29 is 4.79 Å². The lowest BCUT2D eigenvalue weighted by molar-refractivity contribution is 0.102.